The van der Waals surface area contributed by atoms with Crippen molar-refractivity contribution in [1.29, 1.82) is 0 Å². The Bertz CT molecular complexity index is 544. The number of rotatable bonds is 9. The van der Waals surface area contributed by atoms with Crippen LogP contribution in [0, 0.1) is 11.3 Å². The van der Waals surface area contributed by atoms with Gasteiger partial charge >= 0.3 is 23.9 Å². The summed E-state index contributed by atoms with van der Waals surface area (Å²) in [6.07, 6.45) is 0.842. The van der Waals surface area contributed by atoms with Gasteiger partial charge in [0.2, 0.25) is 0 Å². The number of hydrogen-bond donors (Lipinski definition) is 4. The van der Waals surface area contributed by atoms with E-state index in [0.29, 0.717) is 5.57 Å². The first-order valence-electron chi connectivity index (χ1n) is 6.80. The number of aliphatic carboxylic acids is 2. The Morgan fingerprint density at radius 1 is 1.13 bits per heavy atom. The van der Waals surface area contributed by atoms with Gasteiger partial charge in [-0.1, -0.05) is 11.6 Å². The van der Waals surface area contributed by atoms with Crippen LogP contribution < -0.4 is 11.8 Å². The van der Waals surface area contributed by atoms with Crippen LogP contribution in [0.25, 0.3) is 0 Å². The second kappa shape index (κ2) is 7.70. The van der Waals surface area contributed by atoms with E-state index in [2.05, 4.69) is 21.5 Å². The summed E-state index contributed by atoms with van der Waals surface area (Å²) >= 11 is 0. The van der Waals surface area contributed by atoms with Gasteiger partial charge in [-0.25, -0.2) is 9.59 Å². The van der Waals surface area contributed by atoms with E-state index in [-0.39, 0.29) is 32.1 Å². The van der Waals surface area contributed by atoms with Crippen LogP contribution in [0.1, 0.15) is 32.1 Å². The number of hydrogen-bond acceptors (Lipinski definition) is 6. The van der Waals surface area contributed by atoms with Crippen molar-refractivity contribution in [1.82, 2.24) is 0 Å². The predicted octanol–water partition coefficient (Wildman–Crippen LogP) is -1.95. The minimum atomic E-state index is -1.12. The number of quaternary nitrogens is 2. The molecule has 10 nitrogen and oxygen atoms in total. The molecule has 0 aromatic carbocycles. The zero-order valence-electron chi connectivity index (χ0n) is 12.4. The highest BCUT2D eigenvalue weighted by Crippen LogP contribution is 2.60. The fraction of sp³-hybridized carbons (Fsp3) is 0.538. The molecule has 10 heteroatoms. The molecule has 0 aromatic heterocycles. The Balaban J connectivity index is 2.96. The van der Waals surface area contributed by atoms with Gasteiger partial charge < -0.3 is 10.2 Å². The lowest BCUT2D eigenvalue weighted by Crippen LogP contribution is -2.53. The third-order valence-electron chi connectivity index (χ3n) is 3.89. The molecule has 23 heavy (non-hydrogen) atoms. The monoisotopic (exact) mass is 332 g/mol. The highest BCUT2D eigenvalue weighted by atomic mass is 16.7. The first kappa shape index (κ1) is 18.6. The Morgan fingerprint density at radius 2 is 1.78 bits per heavy atom. The molecular weight excluding hydrogens is 312 g/mol. The third kappa shape index (κ3) is 4.76. The number of carboxylic acids is 2. The van der Waals surface area contributed by atoms with Crippen molar-refractivity contribution in [3.8, 4) is 0 Å². The molecular formula is C13H20N2O8+2. The minimum Gasteiger partial charge on any atom is -0.481 e. The molecule has 1 saturated carbocycles. The van der Waals surface area contributed by atoms with Crippen LogP contribution in [0.15, 0.2) is 11.6 Å². The third-order valence-corrected chi connectivity index (χ3v) is 3.89. The Labute approximate surface area is 130 Å². The second-order valence-corrected chi connectivity index (χ2v) is 5.31. The normalized spacial score (nSPS) is 23.0. The molecule has 128 valence electrons. The standard InChI is InChI=1S/C13H18N2O8/c14-22-11(20)2-1-7(5-10(18)19)8-6-13(8,12(21)23-15)4-3-9(16)17/h1,8H,2-6H2,14-15H3/p+2. The van der Waals surface area contributed by atoms with Gasteiger partial charge in [-0.05, 0) is 18.8 Å². The van der Waals surface area contributed by atoms with Crippen molar-refractivity contribution in [2.75, 3.05) is 0 Å². The van der Waals surface area contributed by atoms with E-state index in [1.807, 2.05) is 0 Å². The Hall–Kier alpha value is -2.46. The zero-order valence-corrected chi connectivity index (χ0v) is 12.4. The number of carboxylic acid groups (broad SMARTS) is 2. The van der Waals surface area contributed by atoms with Crippen molar-refractivity contribution in [2.24, 2.45) is 11.3 Å². The fourth-order valence-corrected chi connectivity index (χ4v) is 2.65. The van der Waals surface area contributed by atoms with Crippen molar-refractivity contribution >= 4 is 23.9 Å². The van der Waals surface area contributed by atoms with E-state index in [1.54, 1.807) is 0 Å². The lowest BCUT2D eigenvalue weighted by atomic mass is 9.92. The van der Waals surface area contributed by atoms with Gasteiger partial charge in [0.05, 0.1) is 18.3 Å². The summed E-state index contributed by atoms with van der Waals surface area (Å²) < 4.78 is 0. The molecule has 8 N–H and O–H groups in total. The van der Waals surface area contributed by atoms with Crippen molar-refractivity contribution in [3.05, 3.63) is 11.6 Å². The highest BCUT2D eigenvalue weighted by Gasteiger charge is 2.62. The Morgan fingerprint density at radius 3 is 2.26 bits per heavy atom. The maximum absolute atomic E-state index is 11.9. The topological polar surface area (TPSA) is 182 Å². The van der Waals surface area contributed by atoms with E-state index in [0.717, 1.165) is 0 Å². The average molecular weight is 332 g/mol. The quantitative estimate of drug-likeness (QED) is 0.277. The molecule has 1 aliphatic carbocycles. The highest BCUT2D eigenvalue weighted by molar-refractivity contribution is 5.83. The molecule has 2 atom stereocenters. The van der Waals surface area contributed by atoms with E-state index in [1.165, 1.54) is 6.08 Å². The summed E-state index contributed by atoms with van der Waals surface area (Å²) in [4.78, 5) is 53.6. The lowest BCUT2D eigenvalue weighted by Gasteiger charge is -2.13. The maximum Gasteiger partial charge on any atom is 0.373 e. The number of carbonyl (C=O) groups excluding carboxylic acids is 2. The van der Waals surface area contributed by atoms with Crippen LogP contribution in [-0.2, 0) is 28.9 Å². The first-order chi connectivity index (χ1) is 10.8. The Kier molecular flexibility index (Phi) is 6.22. The molecule has 0 heterocycles. The zero-order chi connectivity index (χ0) is 17.6. The van der Waals surface area contributed by atoms with Crippen LogP contribution in [0.5, 0.6) is 0 Å². The molecule has 2 unspecified atom stereocenters. The van der Waals surface area contributed by atoms with E-state index < -0.39 is 35.2 Å². The second-order valence-electron chi connectivity index (χ2n) is 5.31. The molecule has 0 spiro atoms. The number of carbonyl (C=O) groups is 4. The van der Waals surface area contributed by atoms with Crippen molar-refractivity contribution < 1.29 is 50.9 Å². The van der Waals surface area contributed by atoms with E-state index in [4.69, 9.17) is 10.2 Å². The molecule has 1 rings (SSSR count). The SMILES string of the molecule is [NH3+]OC(=O)CC=C(CC(=O)O)C1CC1(CCC(=O)O)C(=O)O[NH3+]. The minimum absolute atomic E-state index is 0.0120. The van der Waals surface area contributed by atoms with Crippen LogP contribution in [0.2, 0.25) is 0 Å². The van der Waals surface area contributed by atoms with Gasteiger partial charge in [0, 0.05) is 6.42 Å². The van der Waals surface area contributed by atoms with Gasteiger partial charge in [0.15, 0.2) is 0 Å². The van der Waals surface area contributed by atoms with Gasteiger partial charge in [0.1, 0.15) is 0 Å². The molecule has 0 aromatic rings. The largest absolute Gasteiger partial charge is 0.481 e. The van der Waals surface area contributed by atoms with E-state index in [9.17, 15) is 19.2 Å². The molecule has 0 aliphatic heterocycles. The van der Waals surface area contributed by atoms with E-state index >= 15 is 0 Å². The van der Waals surface area contributed by atoms with Crippen LogP contribution in [0.3, 0.4) is 0 Å². The van der Waals surface area contributed by atoms with Crippen LogP contribution in [-0.4, -0.2) is 34.1 Å². The summed E-state index contributed by atoms with van der Waals surface area (Å²) in [6, 6.07) is 0. The molecule has 0 saturated heterocycles. The molecule has 0 radical (unpaired) electrons. The summed E-state index contributed by atoms with van der Waals surface area (Å²) in [6.45, 7) is 0. The van der Waals surface area contributed by atoms with Crippen LogP contribution in [0.4, 0.5) is 0 Å². The van der Waals surface area contributed by atoms with Gasteiger partial charge in [-0.15, -0.1) is 0 Å². The van der Waals surface area contributed by atoms with Crippen molar-refractivity contribution in [3.63, 3.8) is 0 Å². The molecule has 1 aliphatic rings. The van der Waals surface area contributed by atoms with Crippen molar-refractivity contribution in [2.45, 2.75) is 32.1 Å². The summed E-state index contributed by atoms with van der Waals surface area (Å²) in [7, 11) is 0. The predicted molar refractivity (Wildman–Crippen MR) is 70.3 cm³/mol. The summed E-state index contributed by atoms with van der Waals surface area (Å²) in [5.41, 5.74) is -0.741. The summed E-state index contributed by atoms with van der Waals surface area (Å²) in [5.74, 6) is 1.99. The maximum atomic E-state index is 11.9. The van der Waals surface area contributed by atoms with Gasteiger partial charge in [-0.2, -0.15) is 11.8 Å². The fourth-order valence-electron chi connectivity index (χ4n) is 2.65. The molecule has 0 amide bonds. The first-order valence-corrected chi connectivity index (χ1v) is 6.80. The summed E-state index contributed by atoms with van der Waals surface area (Å²) in [5, 5.41) is 17.8. The molecule has 0 bridgehead atoms. The van der Waals surface area contributed by atoms with Gasteiger partial charge in [-0.3, -0.25) is 19.3 Å². The van der Waals surface area contributed by atoms with Gasteiger partial charge in [0.25, 0.3) is 0 Å². The average Bonchev–Trinajstić information content (AvgIpc) is 3.23. The smallest absolute Gasteiger partial charge is 0.373 e. The van der Waals surface area contributed by atoms with Crippen LogP contribution >= 0.6 is 0 Å². The molecule has 1 fully saturated rings. The lowest BCUT2D eigenvalue weighted by molar-refractivity contribution is -0.658.